The summed E-state index contributed by atoms with van der Waals surface area (Å²) in [5.41, 5.74) is -1.41. The number of benzene rings is 2. The van der Waals surface area contributed by atoms with Crippen LogP contribution in [0.1, 0.15) is 53.9 Å². The van der Waals surface area contributed by atoms with Gasteiger partial charge in [0.25, 0.3) is 0 Å². The Labute approximate surface area is 192 Å². The number of methoxy groups -OCH3 is 1. The van der Waals surface area contributed by atoms with Crippen LogP contribution in [-0.4, -0.2) is 25.0 Å². The van der Waals surface area contributed by atoms with Gasteiger partial charge >= 0.3 is 12.2 Å². The Hall–Kier alpha value is -3.17. The second-order valence-electron chi connectivity index (χ2n) is 8.86. The first-order valence-corrected chi connectivity index (χ1v) is 10.8. The van der Waals surface area contributed by atoms with E-state index >= 15 is 0 Å². The number of hydrogen-bond acceptors (Lipinski definition) is 3. The zero-order valence-corrected chi connectivity index (χ0v) is 18.5. The van der Waals surface area contributed by atoms with Crippen LogP contribution in [0.15, 0.2) is 30.3 Å². The van der Waals surface area contributed by atoms with Gasteiger partial charge in [0.15, 0.2) is 5.78 Å². The highest BCUT2D eigenvalue weighted by Gasteiger charge is 2.48. The molecule has 2 amide bonds. The standard InChI is InChI=1S/C24H23F5N2O3/c1-12-7-13(9-14(8-12)24(27,28)29)23(5-6-23)31-22(33)30-21-16(3-4-19(21)32)20-17(25)10-15(34-2)11-18(20)26/h7-11,16,21H,3-6H2,1-2H3,(H2,30,31,33)/t16-,21-/m0/s1. The topological polar surface area (TPSA) is 67.4 Å². The maximum Gasteiger partial charge on any atom is 0.416 e. The molecule has 4 rings (SSSR count). The molecule has 34 heavy (non-hydrogen) atoms. The number of ketones is 1. The molecule has 2 aliphatic carbocycles. The summed E-state index contributed by atoms with van der Waals surface area (Å²) in [7, 11) is 1.27. The summed E-state index contributed by atoms with van der Waals surface area (Å²) in [6, 6.07) is 3.67. The molecule has 2 atom stereocenters. The van der Waals surface area contributed by atoms with Crippen molar-refractivity contribution in [3.8, 4) is 5.75 Å². The van der Waals surface area contributed by atoms with Gasteiger partial charge in [0.2, 0.25) is 0 Å². The summed E-state index contributed by atoms with van der Waals surface area (Å²) in [4.78, 5) is 25.2. The SMILES string of the molecule is COc1cc(F)c([C@@H]2CCC(=O)[C@H]2NC(=O)NC2(c3cc(C)cc(C(F)(F)F)c3)CC2)c(F)c1. The van der Waals surface area contributed by atoms with E-state index in [4.69, 9.17) is 4.74 Å². The lowest BCUT2D eigenvalue weighted by Gasteiger charge is -2.25. The van der Waals surface area contributed by atoms with Crippen LogP contribution in [0, 0.1) is 18.6 Å². The number of rotatable bonds is 5. The van der Waals surface area contributed by atoms with Gasteiger partial charge in [-0.1, -0.05) is 11.6 Å². The minimum absolute atomic E-state index is 0.0163. The fourth-order valence-electron chi connectivity index (χ4n) is 4.60. The zero-order chi connectivity index (χ0) is 24.8. The van der Waals surface area contributed by atoms with Gasteiger partial charge in [-0.15, -0.1) is 0 Å². The van der Waals surface area contributed by atoms with E-state index in [1.54, 1.807) is 6.07 Å². The van der Waals surface area contributed by atoms with E-state index in [-0.39, 0.29) is 29.9 Å². The molecule has 0 saturated heterocycles. The fourth-order valence-corrected chi connectivity index (χ4v) is 4.60. The van der Waals surface area contributed by atoms with Crippen LogP contribution in [0.4, 0.5) is 26.7 Å². The summed E-state index contributed by atoms with van der Waals surface area (Å²) in [6.07, 6.45) is -3.52. The van der Waals surface area contributed by atoms with Crippen LogP contribution in [0.2, 0.25) is 0 Å². The molecule has 0 aliphatic heterocycles. The highest BCUT2D eigenvalue weighted by molar-refractivity contribution is 5.91. The number of amides is 2. The minimum Gasteiger partial charge on any atom is -0.497 e. The van der Waals surface area contributed by atoms with Crippen molar-refractivity contribution in [2.75, 3.05) is 7.11 Å². The smallest absolute Gasteiger partial charge is 0.416 e. The maximum absolute atomic E-state index is 14.6. The highest BCUT2D eigenvalue weighted by Crippen LogP contribution is 2.47. The number of Topliss-reactive ketones (excluding diaryl/α,β-unsaturated/α-hetero) is 1. The highest BCUT2D eigenvalue weighted by atomic mass is 19.4. The third-order valence-electron chi connectivity index (χ3n) is 6.46. The Balaban J connectivity index is 1.54. The minimum atomic E-state index is -4.53. The average Bonchev–Trinajstić information content (AvgIpc) is 3.45. The molecule has 5 nitrogen and oxygen atoms in total. The van der Waals surface area contributed by atoms with Crippen LogP contribution in [0.3, 0.4) is 0 Å². The number of carbonyl (C=O) groups excluding carboxylic acids is 2. The molecule has 2 aliphatic rings. The molecule has 0 heterocycles. The largest absolute Gasteiger partial charge is 0.497 e. The summed E-state index contributed by atoms with van der Waals surface area (Å²) in [6.45, 7) is 1.54. The molecule has 182 valence electrons. The summed E-state index contributed by atoms with van der Waals surface area (Å²) < 4.78 is 73.8. The molecular formula is C24H23F5N2O3. The second-order valence-corrected chi connectivity index (χ2v) is 8.86. The second kappa shape index (κ2) is 8.56. The molecule has 0 bridgehead atoms. The lowest BCUT2D eigenvalue weighted by molar-refractivity contribution is -0.137. The monoisotopic (exact) mass is 482 g/mol. The number of alkyl halides is 3. The Bertz CT molecular complexity index is 1120. The summed E-state index contributed by atoms with van der Waals surface area (Å²) in [5, 5.41) is 5.18. The number of hydrogen-bond donors (Lipinski definition) is 2. The van der Waals surface area contributed by atoms with E-state index < -0.39 is 46.9 Å². The molecule has 2 fully saturated rings. The first-order chi connectivity index (χ1) is 15.9. The number of nitrogens with one attached hydrogen (secondary N) is 2. The Kier molecular flexibility index (Phi) is 6.03. The molecule has 0 aromatic heterocycles. The predicted molar refractivity (Wildman–Crippen MR) is 112 cm³/mol. The molecule has 2 aromatic carbocycles. The van der Waals surface area contributed by atoms with Gasteiger partial charge in [-0.25, -0.2) is 13.6 Å². The van der Waals surface area contributed by atoms with Crippen LogP contribution in [0.5, 0.6) is 5.75 Å². The molecule has 2 aromatic rings. The van der Waals surface area contributed by atoms with E-state index in [2.05, 4.69) is 10.6 Å². The normalized spacial score (nSPS) is 21.3. The number of aryl methyl sites for hydroxylation is 1. The molecular weight excluding hydrogens is 459 g/mol. The molecule has 0 unspecified atom stereocenters. The van der Waals surface area contributed by atoms with Gasteiger partial charge in [0.1, 0.15) is 17.4 Å². The zero-order valence-electron chi connectivity index (χ0n) is 18.5. The third-order valence-corrected chi connectivity index (χ3v) is 6.46. The van der Waals surface area contributed by atoms with Gasteiger partial charge in [0.05, 0.1) is 24.3 Å². The van der Waals surface area contributed by atoms with Crippen LogP contribution < -0.4 is 15.4 Å². The van der Waals surface area contributed by atoms with E-state index in [9.17, 15) is 31.5 Å². The maximum atomic E-state index is 14.6. The van der Waals surface area contributed by atoms with Crippen molar-refractivity contribution >= 4 is 11.8 Å². The van der Waals surface area contributed by atoms with Crippen molar-refractivity contribution in [3.63, 3.8) is 0 Å². The lowest BCUT2D eigenvalue weighted by atomic mass is 9.92. The molecule has 0 radical (unpaired) electrons. The van der Waals surface area contributed by atoms with E-state index in [0.717, 1.165) is 24.3 Å². The first-order valence-electron chi connectivity index (χ1n) is 10.8. The van der Waals surface area contributed by atoms with Crippen molar-refractivity contribution in [1.29, 1.82) is 0 Å². The Morgan fingerprint density at radius 1 is 1.09 bits per heavy atom. The van der Waals surface area contributed by atoms with E-state index in [1.807, 2.05) is 0 Å². The fraction of sp³-hybridized carbons (Fsp3) is 0.417. The first kappa shape index (κ1) is 24.0. The van der Waals surface area contributed by atoms with Gasteiger partial charge < -0.3 is 15.4 Å². The van der Waals surface area contributed by atoms with Crippen LogP contribution in [0.25, 0.3) is 0 Å². The van der Waals surface area contributed by atoms with Crippen molar-refractivity contribution in [3.05, 3.63) is 64.2 Å². The predicted octanol–water partition coefficient (Wildman–Crippen LogP) is 5.10. The molecule has 2 N–H and O–H groups in total. The van der Waals surface area contributed by atoms with Gasteiger partial charge in [-0.2, -0.15) is 13.2 Å². The van der Waals surface area contributed by atoms with Crippen molar-refractivity contribution < 1.29 is 36.3 Å². The van der Waals surface area contributed by atoms with Crippen molar-refractivity contribution in [1.82, 2.24) is 10.6 Å². The quantitative estimate of drug-likeness (QED) is 0.583. The van der Waals surface area contributed by atoms with Gasteiger partial charge in [0, 0.05) is 30.0 Å². The van der Waals surface area contributed by atoms with Crippen molar-refractivity contribution in [2.45, 2.75) is 56.3 Å². The number of halogens is 5. The van der Waals surface area contributed by atoms with E-state index in [0.29, 0.717) is 24.0 Å². The summed E-state index contributed by atoms with van der Waals surface area (Å²) in [5.74, 6) is -3.09. The molecule has 10 heteroatoms. The average molecular weight is 482 g/mol. The number of ether oxygens (including phenoxy) is 1. The molecule has 2 saturated carbocycles. The van der Waals surface area contributed by atoms with Crippen LogP contribution in [-0.2, 0) is 16.5 Å². The summed E-state index contributed by atoms with van der Waals surface area (Å²) >= 11 is 0. The van der Waals surface area contributed by atoms with Crippen molar-refractivity contribution in [2.24, 2.45) is 0 Å². The number of carbonyl (C=O) groups is 2. The Morgan fingerprint density at radius 2 is 1.74 bits per heavy atom. The van der Waals surface area contributed by atoms with Gasteiger partial charge in [-0.3, -0.25) is 4.79 Å². The third kappa shape index (κ3) is 4.58. The van der Waals surface area contributed by atoms with Crippen LogP contribution >= 0.6 is 0 Å². The van der Waals surface area contributed by atoms with E-state index in [1.165, 1.54) is 14.0 Å². The Morgan fingerprint density at radius 3 is 2.29 bits per heavy atom. The number of urea groups is 1. The van der Waals surface area contributed by atoms with Gasteiger partial charge in [-0.05, 0) is 43.9 Å². The molecule has 0 spiro atoms. The lowest BCUT2D eigenvalue weighted by Crippen LogP contribution is -2.49.